The van der Waals surface area contributed by atoms with Crippen LogP contribution in [0.3, 0.4) is 0 Å². The maximum atomic E-state index is 12.0. The first-order valence-electron chi connectivity index (χ1n) is 12.3. The summed E-state index contributed by atoms with van der Waals surface area (Å²) in [6, 6.07) is 16.2. The lowest BCUT2D eigenvalue weighted by molar-refractivity contribution is 0.130. The van der Waals surface area contributed by atoms with Gasteiger partial charge in [-0.05, 0) is 62.9 Å². The zero-order valence-corrected chi connectivity index (χ0v) is 20.7. The lowest BCUT2D eigenvalue weighted by Crippen LogP contribution is -2.18. The van der Waals surface area contributed by atoms with Gasteiger partial charge < -0.3 is 25.2 Å². The van der Waals surface area contributed by atoms with Crippen LogP contribution in [0, 0.1) is 11.3 Å². The minimum Gasteiger partial charge on any atom is -0.493 e. The Morgan fingerprint density at radius 2 is 2.06 bits per heavy atom. The highest BCUT2D eigenvalue weighted by Gasteiger charge is 2.28. The molecule has 0 bridgehead atoms. The van der Waals surface area contributed by atoms with Gasteiger partial charge in [0.05, 0.1) is 29.5 Å². The van der Waals surface area contributed by atoms with Crippen molar-refractivity contribution in [2.75, 3.05) is 18.5 Å². The largest absolute Gasteiger partial charge is 0.493 e. The molecule has 0 unspecified atom stereocenters. The highest BCUT2D eigenvalue weighted by atomic mass is 16.6. The lowest BCUT2D eigenvalue weighted by Gasteiger charge is -2.30. The van der Waals surface area contributed by atoms with Crippen LogP contribution in [0.25, 0.3) is 22.2 Å². The molecule has 3 aromatic rings. The molecule has 0 atom stereocenters. The fourth-order valence-electron chi connectivity index (χ4n) is 4.33. The van der Waals surface area contributed by atoms with Crippen LogP contribution in [0.15, 0.2) is 47.6 Å². The van der Waals surface area contributed by atoms with Crippen LogP contribution in [0.1, 0.15) is 51.1 Å². The SMILES string of the molecule is CC(C)OC(=O)Nc1ccc(-c2c(C#N)c3ccc(OCCCN/N=C\N)cc3n2C2CCC2)cc1. The van der Waals surface area contributed by atoms with E-state index in [0.717, 1.165) is 47.2 Å². The summed E-state index contributed by atoms with van der Waals surface area (Å²) in [6.07, 6.45) is 4.62. The van der Waals surface area contributed by atoms with Gasteiger partial charge in [-0.15, -0.1) is 0 Å². The number of amides is 1. The summed E-state index contributed by atoms with van der Waals surface area (Å²) in [7, 11) is 0. The molecule has 1 heterocycles. The predicted octanol–water partition coefficient (Wildman–Crippen LogP) is 5.12. The van der Waals surface area contributed by atoms with Crippen LogP contribution in [0.4, 0.5) is 10.5 Å². The predicted molar refractivity (Wildman–Crippen MR) is 141 cm³/mol. The third-order valence-corrected chi connectivity index (χ3v) is 6.14. The quantitative estimate of drug-likeness (QED) is 0.157. The average Bonchev–Trinajstić information content (AvgIpc) is 3.13. The maximum absolute atomic E-state index is 12.0. The van der Waals surface area contributed by atoms with Gasteiger partial charge in [-0.1, -0.05) is 12.1 Å². The number of aromatic nitrogens is 1. The van der Waals surface area contributed by atoms with E-state index in [9.17, 15) is 10.1 Å². The van der Waals surface area contributed by atoms with Crippen molar-refractivity contribution in [3.8, 4) is 23.1 Å². The fourth-order valence-corrected chi connectivity index (χ4v) is 4.33. The summed E-state index contributed by atoms with van der Waals surface area (Å²) < 4.78 is 13.4. The number of anilines is 1. The number of nitrogens with two attached hydrogens (primary N) is 1. The van der Waals surface area contributed by atoms with Gasteiger partial charge in [0.1, 0.15) is 18.2 Å². The van der Waals surface area contributed by atoms with Crippen LogP contribution in [0.5, 0.6) is 5.75 Å². The summed E-state index contributed by atoms with van der Waals surface area (Å²) in [6.45, 7) is 4.81. The average molecular weight is 489 g/mol. The van der Waals surface area contributed by atoms with E-state index < -0.39 is 6.09 Å². The summed E-state index contributed by atoms with van der Waals surface area (Å²) in [5.41, 5.74) is 12.2. The van der Waals surface area contributed by atoms with Crippen LogP contribution in [0.2, 0.25) is 0 Å². The molecule has 0 saturated heterocycles. The molecule has 2 aromatic carbocycles. The highest BCUT2D eigenvalue weighted by Crippen LogP contribution is 2.43. The molecule has 4 N–H and O–H groups in total. The van der Waals surface area contributed by atoms with Crippen LogP contribution >= 0.6 is 0 Å². The number of hydrogen-bond acceptors (Lipinski definition) is 6. The van der Waals surface area contributed by atoms with Crippen LogP contribution in [-0.4, -0.2) is 36.3 Å². The van der Waals surface area contributed by atoms with E-state index in [-0.39, 0.29) is 6.10 Å². The Kier molecular flexibility index (Phi) is 7.95. The number of fused-ring (bicyclic) bond motifs is 1. The van der Waals surface area contributed by atoms with E-state index in [4.69, 9.17) is 15.2 Å². The molecule has 1 aromatic heterocycles. The monoisotopic (exact) mass is 488 g/mol. The van der Waals surface area contributed by atoms with Crippen molar-refractivity contribution in [3.63, 3.8) is 0 Å². The van der Waals surface area contributed by atoms with Crippen molar-refractivity contribution in [2.45, 2.75) is 51.7 Å². The second kappa shape index (κ2) is 11.5. The van der Waals surface area contributed by atoms with Crippen LogP contribution in [-0.2, 0) is 4.74 Å². The third kappa shape index (κ3) is 5.54. The van der Waals surface area contributed by atoms with E-state index in [2.05, 4.69) is 26.5 Å². The number of nitrogens with zero attached hydrogens (tertiary/aromatic N) is 3. The molecule has 0 spiro atoms. The minimum absolute atomic E-state index is 0.198. The number of nitriles is 1. The van der Waals surface area contributed by atoms with E-state index in [1.807, 2.05) is 42.5 Å². The summed E-state index contributed by atoms with van der Waals surface area (Å²) >= 11 is 0. The molecular weight excluding hydrogens is 456 g/mol. The van der Waals surface area contributed by atoms with Crippen molar-refractivity contribution >= 4 is 29.0 Å². The van der Waals surface area contributed by atoms with E-state index >= 15 is 0 Å². The summed E-state index contributed by atoms with van der Waals surface area (Å²) in [5, 5.41) is 17.6. The van der Waals surface area contributed by atoms with E-state index in [1.54, 1.807) is 13.8 Å². The Morgan fingerprint density at radius 3 is 2.69 bits per heavy atom. The first-order chi connectivity index (χ1) is 17.5. The number of hydrazone groups is 1. The smallest absolute Gasteiger partial charge is 0.411 e. The third-order valence-electron chi connectivity index (χ3n) is 6.14. The highest BCUT2D eigenvalue weighted by molar-refractivity contribution is 5.96. The molecule has 0 radical (unpaired) electrons. The Hall–Kier alpha value is -4.19. The van der Waals surface area contributed by atoms with Gasteiger partial charge in [-0.3, -0.25) is 5.32 Å². The number of nitrogens with one attached hydrogen (secondary N) is 2. The number of carbonyl (C=O) groups is 1. The molecule has 36 heavy (non-hydrogen) atoms. The molecule has 1 aliphatic rings. The second-order valence-electron chi connectivity index (χ2n) is 9.01. The van der Waals surface area contributed by atoms with Crippen LogP contribution < -0.4 is 21.2 Å². The van der Waals surface area contributed by atoms with Crippen molar-refractivity contribution < 1.29 is 14.3 Å². The Morgan fingerprint density at radius 1 is 1.28 bits per heavy atom. The number of carbonyl (C=O) groups excluding carboxylic acids is 1. The van der Waals surface area contributed by atoms with Gasteiger partial charge in [-0.2, -0.15) is 10.4 Å². The Labute approximate surface area is 210 Å². The standard InChI is InChI=1S/C27H32N6O3/c1-18(2)36-27(34)32-20-9-7-19(8-10-20)26-24(16-28)23-12-11-22(35-14-4-13-30-31-17-29)15-25(23)33(26)21-5-3-6-21/h7-12,15,17-18,21,30H,3-6,13-14H2,1-2H3,(H2,29,31)(H,32,34). The molecule has 188 valence electrons. The Balaban J connectivity index is 1.63. The van der Waals surface area contributed by atoms with Crippen molar-refractivity contribution in [1.82, 2.24) is 9.99 Å². The first-order valence-corrected chi connectivity index (χ1v) is 12.3. The molecule has 1 amide bonds. The molecule has 1 fully saturated rings. The van der Waals surface area contributed by atoms with Gasteiger partial charge in [0.2, 0.25) is 0 Å². The van der Waals surface area contributed by atoms with Gasteiger partial charge in [0.15, 0.2) is 0 Å². The van der Waals surface area contributed by atoms with Gasteiger partial charge in [0.25, 0.3) is 0 Å². The lowest BCUT2D eigenvalue weighted by atomic mass is 9.92. The van der Waals surface area contributed by atoms with Crippen molar-refractivity contribution in [3.05, 3.63) is 48.0 Å². The van der Waals surface area contributed by atoms with Crippen molar-refractivity contribution in [1.29, 1.82) is 5.26 Å². The normalized spacial score (nSPS) is 13.5. The zero-order chi connectivity index (χ0) is 25.5. The zero-order valence-electron chi connectivity index (χ0n) is 20.7. The molecule has 9 heteroatoms. The number of ether oxygens (including phenoxy) is 2. The first kappa shape index (κ1) is 24.9. The van der Waals surface area contributed by atoms with E-state index in [1.165, 1.54) is 12.8 Å². The van der Waals surface area contributed by atoms with Gasteiger partial charge in [-0.25, -0.2) is 4.79 Å². The number of hydrogen-bond donors (Lipinski definition) is 3. The molecule has 0 aliphatic heterocycles. The minimum atomic E-state index is -0.491. The second-order valence-corrected chi connectivity index (χ2v) is 9.01. The fraction of sp³-hybridized carbons (Fsp3) is 0.370. The molecule has 1 aliphatic carbocycles. The Bertz CT molecular complexity index is 1270. The topological polar surface area (TPSA) is 127 Å². The summed E-state index contributed by atoms with van der Waals surface area (Å²) in [4.78, 5) is 12.0. The maximum Gasteiger partial charge on any atom is 0.411 e. The van der Waals surface area contributed by atoms with Gasteiger partial charge in [0, 0.05) is 36.1 Å². The number of rotatable bonds is 10. The molecular formula is C27H32N6O3. The van der Waals surface area contributed by atoms with Gasteiger partial charge >= 0.3 is 6.09 Å². The van der Waals surface area contributed by atoms with Crippen molar-refractivity contribution in [2.24, 2.45) is 10.8 Å². The summed E-state index contributed by atoms with van der Waals surface area (Å²) in [5.74, 6) is 0.766. The molecule has 4 rings (SSSR count). The molecule has 9 nitrogen and oxygen atoms in total. The molecule has 1 saturated carbocycles. The number of benzene rings is 2. The van der Waals surface area contributed by atoms with E-state index in [0.29, 0.717) is 30.4 Å².